The monoisotopic (exact) mass is 322 g/mol. The third-order valence-corrected chi connectivity index (χ3v) is 3.45. The molecule has 0 saturated heterocycles. The molecule has 0 amide bonds. The van der Waals surface area contributed by atoms with Crippen LogP contribution in [0.15, 0.2) is 66.7 Å². The molecule has 0 N–H and O–H groups in total. The van der Waals surface area contributed by atoms with E-state index in [2.05, 4.69) is 0 Å². The van der Waals surface area contributed by atoms with Crippen LogP contribution in [0.1, 0.15) is 6.92 Å². The van der Waals surface area contributed by atoms with Gasteiger partial charge in [0.15, 0.2) is 18.1 Å². The summed E-state index contributed by atoms with van der Waals surface area (Å²) in [5.41, 5.74) is 0. The second kappa shape index (κ2) is 7.51. The highest BCUT2D eigenvalue weighted by Crippen LogP contribution is 2.26. The second-order valence-corrected chi connectivity index (χ2v) is 5.15. The standard InChI is InChI=1S/C20H18O4/c1-2-22-18-9-5-6-10-19(18)24-20(21)14-23-17-12-11-15-7-3-4-8-16(15)13-17/h3-13H,2,14H2,1H3. The molecule has 4 heteroatoms. The zero-order valence-corrected chi connectivity index (χ0v) is 13.4. The normalized spacial score (nSPS) is 10.4. The number of esters is 1. The summed E-state index contributed by atoms with van der Waals surface area (Å²) in [5, 5.41) is 2.18. The van der Waals surface area contributed by atoms with Crippen LogP contribution in [0.5, 0.6) is 17.2 Å². The van der Waals surface area contributed by atoms with E-state index in [1.165, 1.54) is 0 Å². The number of carbonyl (C=O) groups is 1. The summed E-state index contributed by atoms with van der Waals surface area (Å²) >= 11 is 0. The first-order chi connectivity index (χ1) is 11.8. The fourth-order valence-corrected chi connectivity index (χ4v) is 2.36. The molecule has 0 aliphatic rings. The van der Waals surface area contributed by atoms with E-state index in [4.69, 9.17) is 14.2 Å². The van der Waals surface area contributed by atoms with E-state index >= 15 is 0 Å². The summed E-state index contributed by atoms with van der Waals surface area (Å²) in [7, 11) is 0. The van der Waals surface area contributed by atoms with Gasteiger partial charge in [-0.25, -0.2) is 4.79 Å². The predicted molar refractivity (Wildman–Crippen MR) is 92.7 cm³/mol. The SMILES string of the molecule is CCOc1ccccc1OC(=O)COc1ccc2ccccc2c1. The highest BCUT2D eigenvalue weighted by molar-refractivity contribution is 5.84. The van der Waals surface area contributed by atoms with E-state index in [0.717, 1.165) is 10.8 Å². The molecule has 0 fully saturated rings. The minimum absolute atomic E-state index is 0.168. The zero-order chi connectivity index (χ0) is 16.8. The van der Waals surface area contributed by atoms with Gasteiger partial charge in [-0.1, -0.05) is 42.5 Å². The van der Waals surface area contributed by atoms with Gasteiger partial charge in [0.1, 0.15) is 5.75 Å². The molecule has 0 aromatic heterocycles. The van der Waals surface area contributed by atoms with Crippen molar-refractivity contribution in [2.45, 2.75) is 6.92 Å². The molecule has 0 unspecified atom stereocenters. The third kappa shape index (κ3) is 3.84. The van der Waals surface area contributed by atoms with Gasteiger partial charge in [-0.3, -0.25) is 0 Å². The summed E-state index contributed by atoms with van der Waals surface area (Å²) in [6.45, 7) is 2.21. The molecule has 0 aliphatic carbocycles. The lowest BCUT2D eigenvalue weighted by molar-refractivity contribution is -0.136. The van der Waals surface area contributed by atoms with Crippen molar-refractivity contribution in [2.75, 3.05) is 13.2 Å². The highest BCUT2D eigenvalue weighted by Gasteiger charge is 2.10. The van der Waals surface area contributed by atoms with Crippen molar-refractivity contribution in [1.29, 1.82) is 0 Å². The number of hydrogen-bond donors (Lipinski definition) is 0. The first-order valence-corrected chi connectivity index (χ1v) is 7.80. The van der Waals surface area contributed by atoms with Crippen molar-refractivity contribution >= 4 is 16.7 Å². The Morgan fingerprint density at radius 3 is 2.33 bits per heavy atom. The molecule has 0 heterocycles. The molecule has 3 aromatic carbocycles. The van der Waals surface area contributed by atoms with Crippen molar-refractivity contribution in [1.82, 2.24) is 0 Å². The maximum absolute atomic E-state index is 12.0. The topological polar surface area (TPSA) is 44.8 Å². The Morgan fingerprint density at radius 2 is 1.54 bits per heavy atom. The van der Waals surface area contributed by atoms with Crippen LogP contribution in [0.4, 0.5) is 0 Å². The number of fused-ring (bicyclic) bond motifs is 1. The average Bonchev–Trinajstić information content (AvgIpc) is 2.62. The highest BCUT2D eigenvalue weighted by atomic mass is 16.6. The van der Waals surface area contributed by atoms with E-state index in [9.17, 15) is 4.79 Å². The van der Waals surface area contributed by atoms with E-state index in [1.807, 2.05) is 55.5 Å². The van der Waals surface area contributed by atoms with Crippen LogP contribution in [-0.4, -0.2) is 19.2 Å². The summed E-state index contributed by atoms with van der Waals surface area (Å²) < 4.78 is 16.3. The predicted octanol–water partition coefficient (Wildman–Crippen LogP) is 4.22. The minimum Gasteiger partial charge on any atom is -0.490 e. The van der Waals surface area contributed by atoms with Crippen molar-refractivity contribution in [2.24, 2.45) is 0 Å². The van der Waals surface area contributed by atoms with E-state index in [0.29, 0.717) is 23.9 Å². The van der Waals surface area contributed by atoms with Gasteiger partial charge in [0.05, 0.1) is 6.61 Å². The van der Waals surface area contributed by atoms with Gasteiger partial charge in [0.25, 0.3) is 0 Å². The van der Waals surface area contributed by atoms with E-state index in [1.54, 1.807) is 18.2 Å². The van der Waals surface area contributed by atoms with Gasteiger partial charge in [-0.15, -0.1) is 0 Å². The van der Waals surface area contributed by atoms with Crippen molar-refractivity contribution in [3.8, 4) is 17.2 Å². The summed E-state index contributed by atoms with van der Waals surface area (Å²) in [6, 6.07) is 20.7. The molecular weight excluding hydrogens is 304 g/mol. The molecule has 0 spiro atoms. The first kappa shape index (κ1) is 15.9. The number of benzene rings is 3. The molecule has 24 heavy (non-hydrogen) atoms. The van der Waals surface area contributed by atoms with Crippen LogP contribution in [0.2, 0.25) is 0 Å². The quantitative estimate of drug-likeness (QED) is 0.503. The van der Waals surface area contributed by atoms with Crippen molar-refractivity contribution in [3.05, 3.63) is 66.7 Å². The zero-order valence-electron chi connectivity index (χ0n) is 13.4. The fourth-order valence-electron chi connectivity index (χ4n) is 2.36. The summed E-state index contributed by atoms with van der Waals surface area (Å²) in [6.07, 6.45) is 0. The molecule has 0 radical (unpaired) electrons. The Morgan fingerprint density at radius 1 is 0.833 bits per heavy atom. The number of hydrogen-bond acceptors (Lipinski definition) is 4. The molecular formula is C20H18O4. The van der Waals surface area contributed by atoms with Crippen LogP contribution < -0.4 is 14.2 Å². The smallest absolute Gasteiger partial charge is 0.349 e. The molecule has 4 nitrogen and oxygen atoms in total. The summed E-state index contributed by atoms with van der Waals surface area (Å²) in [4.78, 5) is 12.0. The van der Waals surface area contributed by atoms with Crippen LogP contribution in [0.3, 0.4) is 0 Å². The molecule has 3 rings (SSSR count). The second-order valence-electron chi connectivity index (χ2n) is 5.15. The van der Waals surface area contributed by atoms with Crippen molar-refractivity contribution < 1.29 is 19.0 Å². The Balaban J connectivity index is 1.62. The minimum atomic E-state index is -0.477. The Labute approximate surface area is 140 Å². The molecule has 0 saturated carbocycles. The molecule has 0 atom stereocenters. The Bertz CT molecular complexity index is 842. The number of para-hydroxylation sites is 2. The van der Waals surface area contributed by atoms with Gasteiger partial charge in [-0.2, -0.15) is 0 Å². The Kier molecular flexibility index (Phi) is 4.96. The lowest BCUT2D eigenvalue weighted by Crippen LogP contribution is -2.18. The van der Waals surface area contributed by atoms with Crippen LogP contribution >= 0.6 is 0 Å². The van der Waals surface area contributed by atoms with Gasteiger partial charge in [0, 0.05) is 0 Å². The van der Waals surface area contributed by atoms with Crippen molar-refractivity contribution in [3.63, 3.8) is 0 Å². The maximum atomic E-state index is 12.0. The fraction of sp³-hybridized carbons (Fsp3) is 0.150. The summed E-state index contributed by atoms with van der Waals surface area (Å²) in [5.74, 6) is 1.09. The maximum Gasteiger partial charge on any atom is 0.349 e. The number of ether oxygens (including phenoxy) is 3. The van der Waals surface area contributed by atoms with Crippen LogP contribution in [0.25, 0.3) is 10.8 Å². The Hall–Kier alpha value is -3.01. The van der Waals surface area contributed by atoms with Gasteiger partial charge in [-0.05, 0) is 42.0 Å². The van der Waals surface area contributed by atoms with Gasteiger partial charge < -0.3 is 14.2 Å². The van der Waals surface area contributed by atoms with Crippen LogP contribution in [0, 0.1) is 0 Å². The lowest BCUT2D eigenvalue weighted by atomic mass is 10.1. The number of rotatable bonds is 6. The number of carbonyl (C=O) groups excluding carboxylic acids is 1. The average molecular weight is 322 g/mol. The first-order valence-electron chi connectivity index (χ1n) is 7.80. The molecule has 3 aromatic rings. The largest absolute Gasteiger partial charge is 0.490 e. The molecule has 0 aliphatic heterocycles. The van der Waals surface area contributed by atoms with E-state index < -0.39 is 5.97 Å². The van der Waals surface area contributed by atoms with Gasteiger partial charge in [0.2, 0.25) is 0 Å². The van der Waals surface area contributed by atoms with Crippen LogP contribution in [-0.2, 0) is 4.79 Å². The molecule has 0 bridgehead atoms. The lowest BCUT2D eigenvalue weighted by Gasteiger charge is -2.11. The van der Waals surface area contributed by atoms with Gasteiger partial charge >= 0.3 is 5.97 Å². The molecule has 122 valence electrons. The third-order valence-electron chi connectivity index (χ3n) is 3.45. The van der Waals surface area contributed by atoms with E-state index in [-0.39, 0.29) is 6.61 Å².